The molecule has 0 bridgehead atoms. The molecule has 3 nitrogen and oxygen atoms in total. The number of nitrogens with zero attached hydrogens (tertiary/aromatic N) is 1. The predicted octanol–water partition coefficient (Wildman–Crippen LogP) is 3.77. The highest BCUT2D eigenvalue weighted by Gasteiger charge is 2.08. The maximum atomic E-state index is 13.6. The van der Waals surface area contributed by atoms with Crippen LogP contribution < -0.4 is 4.74 Å². The summed E-state index contributed by atoms with van der Waals surface area (Å²) < 4.78 is 19.3. The van der Waals surface area contributed by atoms with Gasteiger partial charge in [-0.05, 0) is 17.7 Å². The van der Waals surface area contributed by atoms with Gasteiger partial charge in [0, 0.05) is 11.5 Å². The van der Waals surface area contributed by atoms with E-state index in [1.54, 1.807) is 12.1 Å². The monoisotopic (exact) mass is 281 g/mol. The van der Waals surface area contributed by atoms with Crippen molar-refractivity contribution in [1.29, 1.82) is 0 Å². The van der Waals surface area contributed by atoms with E-state index in [2.05, 4.69) is 4.98 Å². The molecule has 0 aliphatic heterocycles. The first kappa shape index (κ1) is 13.2. The first-order valence-electron chi connectivity index (χ1n) is 6.48. The highest BCUT2D eigenvalue weighted by atomic mass is 19.1. The summed E-state index contributed by atoms with van der Waals surface area (Å²) in [4.78, 5) is 15.0. The molecule has 3 aromatic rings. The van der Waals surface area contributed by atoms with Gasteiger partial charge in [0.05, 0.1) is 0 Å². The molecule has 21 heavy (non-hydrogen) atoms. The Morgan fingerprint density at radius 2 is 1.90 bits per heavy atom. The van der Waals surface area contributed by atoms with E-state index in [0.717, 1.165) is 5.56 Å². The second-order valence-electron chi connectivity index (χ2n) is 4.60. The normalized spacial score (nSPS) is 10.5. The average molecular weight is 281 g/mol. The fraction of sp³-hybridized carbons (Fsp3) is 0.0588. The van der Waals surface area contributed by atoms with Crippen molar-refractivity contribution >= 4 is 17.2 Å². The maximum absolute atomic E-state index is 13.6. The molecular formula is C17H12FNO2. The highest BCUT2D eigenvalue weighted by molar-refractivity contribution is 5.87. The van der Waals surface area contributed by atoms with Crippen LogP contribution in [0, 0.1) is 5.82 Å². The Labute approximate surface area is 121 Å². The van der Waals surface area contributed by atoms with Crippen LogP contribution in [0.4, 0.5) is 4.39 Å². The standard InChI is InChI=1S/C17H12FNO2/c18-14-8-13-6-7-15(10-20)19-17(13)16(9-14)21-11-12-4-2-1-3-5-12/h1-10H,11H2. The molecule has 104 valence electrons. The Hall–Kier alpha value is -2.75. The second-order valence-corrected chi connectivity index (χ2v) is 4.60. The number of ether oxygens (including phenoxy) is 1. The van der Waals surface area contributed by atoms with Crippen LogP contribution in [0.2, 0.25) is 0 Å². The van der Waals surface area contributed by atoms with Crippen LogP contribution in [0.25, 0.3) is 10.9 Å². The lowest BCUT2D eigenvalue weighted by molar-refractivity contribution is 0.111. The fourth-order valence-corrected chi connectivity index (χ4v) is 2.09. The van der Waals surface area contributed by atoms with Crippen LogP contribution >= 0.6 is 0 Å². The van der Waals surface area contributed by atoms with Crippen molar-refractivity contribution in [3.63, 3.8) is 0 Å². The minimum atomic E-state index is -0.397. The fourth-order valence-electron chi connectivity index (χ4n) is 2.09. The van der Waals surface area contributed by atoms with Gasteiger partial charge in [-0.1, -0.05) is 36.4 Å². The zero-order chi connectivity index (χ0) is 14.7. The molecule has 0 saturated carbocycles. The Balaban J connectivity index is 1.98. The quantitative estimate of drug-likeness (QED) is 0.683. The zero-order valence-corrected chi connectivity index (χ0v) is 11.1. The van der Waals surface area contributed by atoms with E-state index in [1.165, 1.54) is 12.1 Å². The first-order valence-corrected chi connectivity index (χ1v) is 6.48. The van der Waals surface area contributed by atoms with Gasteiger partial charge in [-0.25, -0.2) is 9.37 Å². The number of carbonyl (C=O) groups excluding carboxylic acids is 1. The minimum absolute atomic E-state index is 0.290. The van der Waals surface area contributed by atoms with Crippen LogP contribution in [0.5, 0.6) is 5.75 Å². The zero-order valence-electron chi connectivity index (χ0n) is 11.1. The minimum Gasteiger partial charge on any atom is -0.487 e. The summed E-state index contributed by atoms with van der Waals surface area (Å²) in [5.74, 6) is -0.0660. The molecule has 0 aliphatic rings. The molecule has 3 rings (SSSR count). The average Bonchev–Trinajstić information content (AvgIpc) is 2.53. The van der Waals surface area contributed by atoms with Crippen molar-refractivity contribution in [3.8, 4) is 5.75 Å². The van der Waals surface area contributed by atoms with Gasteiger partial charge in [0.25, 0.3) is 0 Å². The first-order chi connectivity index (χ1) is 10.3. The van der Waals surface area contributed by atoms with Gasteiger partial charge in [0.2, 0.25) is 0 Å². The molecule has 0 amide bonds. The Morgan fingerprint density at radius 3 is 2.67 bits per heavy atom. The molecular weight excluding hydrogens is 269 g/mol. The highest BCUT2D eigenvalue weighted by Crippen LogP contribution is 2.26. The molecule has 0 N–H and O–H groups in total. The third-order valence-electron chi connectivity index (χ3n) is 3.10. The number of hydrogen-bond donors (Lipinski definition) is 0. The van der Waals surface area contributed by atoms with Crippen LogP contribution in [-0.2, 0) is 6.61 Å². The Kier molecular flexibility index (Phi) is 3.60. The molecule has 0 radical (unpaired) electrons. The van der Waals surface area contributed by atoms with Gasteiger partial charge in [0.1, 0.15) is 29.4 Å². The number of aromatic nitrogens is 1. The molecule has 0 aliphatic carbocycles. The van der Waals surface area contributed by atoms with E-state index in [1.807, 2.05) is 30.3 Å². The number of hydrogen-bond acceptors (Lipinski definition) is 3. The summed E-state index contributed by atoms with van der Waals surface area (Å²) in [7, 11) is 0. The Morgan fingerprint density at radius 1 is 1.10 bits per heavy atom. The van der Waals surface area contributed by atoms with Gasteiger partial charge < -0.3 is 4.74 Å². The number of carbonyl (C=O) groups is 1. The van der Waals surface area contributed by atoms with E-state index in [4.69, 9.17) is 4.74 Å². The van der Waals surface area contributed by atoms with E-state index < -0.39 is 5.82 Å². The van der Waals surface area contributed by atoms with Crippen molar-refractivity contribution in [2.75, 3.05) is 0 Å². The lowest BCUT2D eigenvalue weighted by Gasteiger charge is -2.09. The van der Waals surface area contributed by atoms with Crippen LogP contribution in [0.1, 0.15) is 16.1 Å². The summed E-state index contributed by atoms with van der Waals surface area (Å²) in [6.45, 7) is 0.312. The molecule has 0 atom stereocenters. The third kappa shape index (κ3) is 2.89. The van der Waals surface area contributed by atoms with E-state index >= 15 is 0 Å². The number of benzene rings is 2. The second kappa shape index (κ2) is 5.71. The van der Waals surface area contributed by atoms with Crippen molar-refractivity contribution in [2.24, 2.45) is 0 Å². The number of rotatable bonds is 4. The van der Waals surface area contributed by atoms with Crippen molar-refractivity contribution in [3.05, 3.63) is 71.7 Å². The number of aldehydes is 1. The molecule has 2 aromatic carbocycles. The lowest BCUT2D eigenvalue weighted by Crippen LogP contribution is -1.98. The molecule has 4 heteroatoms. The SMILES string of the molecule is O=Cc1ccc2cc(F)cc(OCc3ccccc3)c2n1. The molecule has 0 saturated heterocycles. The van der Waals surface area contributed by atoms with Gasteiger partial charge in [-0.2, -0.15) is 0 Å². The van der Waals surface area contributed by atoms with E-state index in [-0.39, 0.29) is 0 Å². The Bertz CT molecular complexity index is 787. The summed E-state index contributed by atoms with van der Waals surface area (Å²) in [6.07, 6.45) is 0.657. The van der Waals surface area contributed by atoms with E-state index in [0.29, 0.717) is 35.2 Å². The molecule has 1 aromatic heterocycles. The predicted molar refractivity (Wildman–Crippen MR) is 77.9 cm³/mol. The lowest BCUT2D eigenvalue weighted by atomic mass is 10.2. The molecule has 0 unspecified atom stereocenters. The summed E-state index contributed by atoms with van der Waals surface area (Å²) in [6, 6.07) is 15.4. The maximum Gasteiger partial charge on any atom is 0.168 e. The van der Waals surface area contributed by atoms with Gasteiger partial charge >= 0.3 is 0 Å². The van der Waals surface area contributed by atoms with Crippen LogP contribution in [0.3, 0.4) is 0 Å². The number of pyridine rings is 1. The summed E-state index contributed by atoms with van der Waals surface area (Å²) in [5, 5.41) is 0.601. The van der Waals surface area contributed by atoms with Crippen molar-refractivity contribution in [2.45, 2.75) is 6.61 Å². The number of halogens is 1. The smallest absolute Gasteiger partial charge is 0.168 e. The van der Waals surface area contributed by atoms with Crippen molar-refractivity contribution < 1.29 is 13.9 Å². The van der Waals surface area contributed by atoms with Crippen molar-refractivity contribution in [1.82, 2.24) is 4.98 Å². The van der Waals surface area contributed by atoms with Crippen LogP contribution in [0.15, 0.2) is 54.6 Å². The summed E-state index contributed by atoms with van der Waals surface area (Å²) in [5.41, 5.74) is 1.75. The number of fused-ring (bicyclic) bond motifs is 1. The van der Waals surface area contributed by atoms with Gasteiger partial charge in [-0.15, -0.1) is 0 Å². The third-order valence-corrected chi connectivity index (χ3v) is 3.10. The largest absolute Gasteiger partial charge is 0.487 e. The summed E-state index contributed by atoms with van der Waals surface area (Å²) >= 11 is 0. The molecule has 1 heterocycles. The van der Waals surface area contributed by atoms with Gasteiger partial charge in [-0.3, -0.25) is 4.79 Å². The molecule has 0 fully saturated rings. The van der Waals surface area contributed by atoms with Gasteiger partial charge in [0.15, 0.2) is 6.29 Å². The van der Waals surface area contributed by atoms with Crippen LogP contribution in [-0.4, -0.2) is 11.3 Å². The topological polar surface area (TPSA) is 39.2 Å². The molecule has 0 spiro atoms. The van der Waals surface area contributed by atoms with E-state index in [9.17, 15) is 9.18 Å².